The molecule has 4 rings (SSSR count). The summed E-state index contributed by atoms with van der Waals surface area (Å²) in [6, 6.07) is 15.7. The van der Waals surface area contributed by atoms with Gasteiger partial charge in [-0.2, -0.15) is 0 Å². The molecule has 0 aliphatic carbocycles. The molecule has 0 atom stereocenters. The minimum atomic E-state index is -0.118. The molecule has 29 heavy (non-hydrogen) atoms. The first-order valence-corrected chi connectivity index (χ1v) is 9.64. The van der Waals surface area contributed by atoms with Crippen LogP contribution in [0.5, 0.6) is 0 Å². The van der Waals surface area contributed by atoms with Gasteiger partial charge in [0.2, 0.25) is 0 Å². The van der Waals surface area contributed by atoms with Crippen LogP contribution in [0.25, 0.3) is 22.3 Å². The molecule has 2 N–H and O–H groups in total. The van der Waals surface area contributed by atoms with Crippen LogP contribution < -0.4 is 5.32 Å². The van der Waals surface area contributed by atoms with Crippen molar-refractivity contribution in [2.24, 2.45) is 0 Å². The molecule has 0 saturated heterocycles. The summed E-state index contributed by atoms with van der Waals surface area (Å²) in [6.07, 6.45) is 3.39. The highest BCUT2D eigenvalue weighted by Gasteiger charge is 2.16. The van der Waals surface area contributed by atoms with Crippen LogP contribution in [-0.4, -0.2) is 20.9 Å². The number of H-pyrrole nitrogens is 1. The van der Waals surface area contributed by atoms with Crippen molar-refractivity contribution in [2.45, 2.75) is 33.1 Å². The lowest BCUT2D eigenvalue weighted by Gasteiger charge is -2.19. The molecule has 2 aromatic heterocycles. The summed E-state index contributed by atoms with van der Waals surface area (Å²) < 4.78 is 0. The van der Waals surface area contributed by atoms with Gasteiger partial charge >= 0.3 is 0 Å². The highest BCUT2D eigenvalue weighted by Crippen LogP contribution is 2.32. The zero-order valence-corrected chi connectivity index (χ0v) is 17.1. The third-order valence-corrected chi connectivity index (χ3v) is 5.21. The summed E-state index contributed by atoms with van der Waals surface area (Å²) in [6.45, 7) is 8.49. The average Bonchev–Trinajstić information content (AvgIpc) is 3.18. The van der Waals surface area contributed by atoms with Gasteiger partial charge in [-0.05, 0) is 53.3 Å². The Labute approximate surface area is 170 Å². The first kappa shape index (κ1) is 18.9. The molecular formula is C24H24N4O. The van der Waals surface area contributed by atoms with Gasteiger partial charge in [0.15, 0.2) is 5.65 Å². The van der Waals surface area contributed by atoms with Crippen LogP contribution in [0.2, 0.25) is 0 Å². The largest absolute Gasteiger partial charge is 0.343 e. The number of carbonyl (C=O) groups is 1. The predicted molar refractivity (Wildman–Crippen MR) is 117 cm³/mol. The van der Waals surface area contributed by atoms with Crippen molar-refractivity contribution >= 4 is 22.8 Å². The molecular weight excluding hydrogens is 360 g/mol. The first-order chi connectivity index (χ1) is 13.8. The zero-order chi connectivity index (χ0) is 20.6. The van der Waals surface area contributed by atoms with Gasteiger partial charge in [-0.1, -0.05) is 45.0 Å². The second-order valence-electron chi connectivity index (χ2n) is 8.22. The summed E-state index contributed by atoms with van der Waals surface area (Å²) in [5.41, 5.74) is 7.29. The van der Waals surface area contributed by atoms with Crippen molar-refractivity contribution in [1.29, 1.82) is 0 Å². The summed E-state index contributed by atoms with van der Waals surface area (Å²) in [5, 5.41) is 3.06. The SMILES string of the molecule is Cc1c(NC(=O)c2ccc(C(C)(C)C)cc2)cccc1-c1ccnc2nc[nH]c12. The van der Waals surface area contributed by atoms with Crippen molar-refractivity contribution in [3.8, 4) is 11.1 Å². The number of benzene rings is 2. The first-order valence-electron chi connectivity index (χ1n) is 9.64. The molecule has 0 spiro atoms. The number of aromatic nitrogens is 3. The Morgan fingerprint density at radius 2 is 1.72 bits per heavy atom. The van der Waals surface area contributed by atoms with E-state index in [-0.39, 0.29) is 11.3 Å². The third-order valence-electron chi connectivity index (χ3n) is 5.21. The lowest BCUT2D eigenvalue weighted by molar-refractivity contribution is 0.102. The monoisotopic (exact) mass is 384 g/mol. The van der Waals surface area contributed by atoms with E-state index < -0.39 is 0 Å². The lowest BCUT2D eigenvalue weighted by Crippen LogP contribution is -2.15. The number of hydrogen-bond acceptors (Lipinski definition) is 3. The molecule has 0 radical (unpaired) electrons. The Bertz CT molecular complexity index is 1180. The van der Waals surface area contributed by atoms with E-state index in [1.165, 1.54) is 5.56 Å². The van der Waals surface area contributed by atoms with E-state index in [0.29, 0.717) is 11.2 Å². The van der Waals surface area contributed by atoms with Gasteiger partial charge in [0.1, 0.15) is 0 Å². The van der Waals surface area contributed by atoms with Gasteiger partial charge in [0.05, 0.1) is 11.8 Å². The number of hydrogen-bond donors (Lipinski definition) is 2. The van der Waals surface area contributed by atoms with E-state index in [9.17, 15) is 4.79 Å². The number of amides is 1. The number of nitrogens with one attached hydrogen (secondary N) is 2. The Morgan fingerprint density at radius 1 is 0.966 bits per heavy atom. The van der Waals surface area contributed by atoms with E-state index >= 15 is 0 Å². The highest BCUT2D eigenvalue weighted by molar-refractivity contribution is 6.05. The molecule has 146 valence electrons. The number of carbonyl (C=O) groups excluding carboxylic acids is 1. The van der Waals surface area contributed by atoms with Crippen LogP contribution in [0.15, 0.2) is 61.1 Å². The number of imidazole rings is 1. The second-order valence-corrected chi connectivity index (χ2v) is 8.22. The smallest absolute Gasteiger partial charge is 0.255 e. The number of rotatable bonds is 3. The molecule has 1 amide bonds. The molecule has 0 fully saturated rings. The molecule has 0 bridgehead atoms. The highest BCUT2D eigenvalue weighted by atomic mass is 16.1. The van der Waals surface area contributed by atoms with Gasteiger partial charge in [-0.3, -0.25) is 4.79 Å². The minimum Gasteiger partial charge on any atom is -0.343 e. The number of nitrogens with zero attached hydrogens (tertiary/aromatic N) is 2. The Kier molecular flexibility index (Phi) is 4.66. The summed E-state index contributed by atoms with van der Waals surface area (Å²) >= 11 is 0. The quantitative estimate of drug-likeness (QED) is 0.491. The maximum Gasteiger partial charge on any atom is 0.255 e. The van der Waals surface area contributed by atoms with Crippen LogP contribution in [0.4, 0.5) is 5.69 Å². The third kappa shape index (κ3) is 3.63. The Hall–Kier alpha value is -3.47. The molecule has 2 aromatic carbocycles. The van der Waals surface area contributed by atoms with Crippen LogP contribution in [0.3, 0.4) is 0 Å². The molecule has 0 unspecified atom stereocenters. The standard InChI is InChI=1S/C24H24N4O/c1-15-18(19-12-13-25-22-21(19)26-14-27-22)6-5-7-20(15)28-23(29)16-8-10-17(11-9-16)24(2,3)4/h5-14H,1-4H3,(H,28,29)(H,25,26,27). The topological polar surface area (TPSA) is 70.7 Å². The minimum absolute atomic E-state index is 0.0580. The van der Waals surface area contributed by atoms with Crippen LogP contribution in [-0.2, 0) is 5.41 Å². The van der Waals surface area contributed by atoms with Crippen LogP contribution in [0, 0.1) is 6.92 Å². The zero-order valence-electron chi connectivity index (χ0n) is 17.1. The van der Waals surface area contributed by atoms with Crippen molar-refractivity contribution in [3.63, 3.8) is 0 Å². The number of aromatic amines is 1. The molecule has 5 heteroatoms. The summed E-state index contributed by atoms with van der Waals surface area (Å²) in [4.78, 5) is 24.5. The van der Waals surface area contributed by atoms with Gasteiger partial charge in [-0.15, -0.1) is 0 Å². The Morgan fingerprint density at radius 3 is 2.45 bits per heavy atom. The maximum atomic E-state index is 12.8. The van der Waals surface area contributed by atoms with Crippen molar-refractivity contribution in [1.82, 2.24) is 15.0 Å². The van der Waals surface area contributed by atoms with Crippen molar-refractivity contribution in [3.05, 3.63) is 77.7 Å². The van der Waals surface area contributed by atoms with E-state index in [1.807, 2.05) is 55.5 Å². The number of pyridine rings is 1. The van der Waals surface area contributed by atoms with Gasteiger partial charge in [0.25, 0.3) is 5.91 Å². The fourth-order valence-corrected chi connectivity index (χ4v) is 3.45. The molecule has 2 heterocycles. The fraction of sp³-hybridized carbons (Fsp3) is 0.208. The normalized spacial score (nSPS) is 11.6. The van der Waals surface area contributed by atoms with E-state index in [2.05, 4.69) is 41.0 Å². The van der Waals surface area contributed by atoms with E-state index in [0.717, 1.165) is 27.9 Å². The van der Waals surface area contributed by atoms with E-state index in [4.69, 9.17) is 0 Å². The number of anilines is 1. The van der Waals surface area contributed by atoms with Crippen LogP contribution >= 0.6 is 0 Å². The molecule has 0 saturated carbocycles. The number of fused-ring (bicyclic) bond motifs is 1. The summed E-state index contributed by atoms with van der Waals surface area (Å²) in [7, 11) is 0. The molecule has 4 aromatic rings. The Balaban J connectivity index is 1.64. The van der Waals surface area contributed by atoms with Crippen molar-refractivity contribution in [2.75, 3.05) is 5.32 Å². The van der Waals surface area contributed by atoms with Gasteiger partial charge < -0.3 is 10.3 Å². The van der Waals surface area contributed by atoms with Crippen LogP contribution in [0.1, 0.15) is 42.3 Å². The predicted octanol–water partition coefficient (Wildman–Crippen LogP) is 5.48. The fourth-order valence-electron chi connectivity index (χ4n) is 3.45. The summed E-state index contributed by atoms with van der Waals surface area (Å²) in [5.74, 6) is -0.118. The van der Waals surface area contributed by atoms with Gasteiger partial charge in [0, 0.05) is 23.0 Å². The van der Waals surface area contributed by atoms with Gasteiger partial charge in [-0.25, -0.2) is 9.97 Å². The van der Waals surface area contributed by atoms with Crippen molar-refractivity contribution < 1.29 is 4.79 Å². The molecule has 0 aliphatic rings. The maximum absolute atomic E-state index is 12.8. The molecule has 0 aliphatic heterocycles. The molecule has 5 nitrogen and oxygen atoms in total. The lowest BCUT2D eigenvalue weighted by atomic mass is 9.86. The average molecular weight is 384 g/mol. The van der Waals surface area contributed by atoms with E-state index in [1.54, 1.807) is 12.5 Å². The second kappa shape index (κ2) is 7.17.